The predicted octanol–water partition coefficient (Wildman–Crippen LogP) is 1.32. The summed E-state index contributed by atoms with van der Waals surface area (Å²) in [6, 6.07) is 0. The van der Waals surface area contributed by atoms with Gasteiger partial charge in [0.15, 0.2) is 0 Å². The van der Waals surface area contributed by atoms with Gasteiger partial charge in [-0.05, 0) is 20.3 Å². The summed E-state index contributed by atoms with van der Waals surface area (Å²) in [7, 11) is 0. The van der Waals surface area contributed by atoms with Crippen LogP contribution in [0.2, 0.25) is 0 Å². The van der Waals surface area contributed by atoms with Gasteiger partial charge in [-0.1, -0.05) is 13.3 Å². The van der Waals surface area contributed by atoms with Gasteiger partial charge in [0.05, 0.1) is 12.2 Å². The molecule has 0 aromatic carbocycles. The highest BCUT2D eigenvalue weighted by atomic mass is 16.6. The smallest absolute Gasteiger partial charge is 0.117 e. The van der Waals surface area contributed by atoms with Gasteiger partial charge in [0.25, 0.3) is 0 Å². The van der Waals surface area contributed by atoms with E-state index in [0.29, 0.717) is 6.10 Å². The Morgan fingerprint density at radius 3 is 2.60 bits per heavy atom. The maximum Gasteiger partial charge on any atom is 0.117 e. The largest absolute Gasteiger partial charge is 0.390 e. The van der Waals surface area contributed by atoms with Crippen molar-refractivity contribution in [3.8, 4) is 0 Å². The molecule has 0 amide bonds. The number of rotatable bonds is 3. The van der Waals surface area contributed by atoms with Gasteiger partial charge >= 0.3 is 0 Å². The Balaban J connectivity index is 2.33. The maximum atomic E-state index is 9.22. The van der Waals surface area contributed by atoms with E-state index >= 15 is 0 Å². The van der Waals surface area contributed by atoms with Crippen molar-refractivity contribution in [1.29, 1.82) is 0 Å². The zero-order valence-electron chi connectivity index (χ0n) is 6.92. The van der Waals surface area contributed by atoms with Crippen molar-refractivity contribution in [3.05, 3.63) is 0 Å². The van der Waals surface area contributed by atoms with E-state index in [1.165, 1.54) is 0 Å². The lowest BCUT2D eigenvalue weighted by atomic mass is 9.99. The maximum absolute atomic E-state index is 9.22. The van der Waals surface area contributed by atoms with Gasteiger partial charge in [0, 0.05) is 0 Å². The van der Waals surface area contributed by atoms with E-state index < -0.39 is 0 Å². The molecule has 1 fully saturated rings. The van der Waals surface area contributed by atoms with Crippen LogP contribution in [0.25, 0.3) is 0 Å². The molecule has 1 N–H and O–H groups in total. The second-order valence-corrected chi connectivity index (χ2v) is 3.25. The minimum atomic E-state index is -0.330. The van der Waals surface area contributed by atoms with E-state index in [9.17, 15) is 5.11 Å². The van der Waals surface area contributed by atoms with Crippen molar-refractivity contribution in [2.45, 2.75) is 51.4 Å². The van der Waals surface area contributed by atoms with Crippen LogP contribution in [-0.2, 0) is 4.74 Å². The molecule has 0 unspecified atom stereocenters. The van der Waals surface area contributed by atoms with Crippen LogP contribution in [0.3, 0.4) is 0 Å². The highest BCUT2D eigenvalue weighted by molar-refractivity contribution is 5.02. The molecule has 10 heavy (non-hydrogen) atoms. The van der Waals surface area contributed by atoms with E-state index in [-0.39, 0.29) is 11.7 Å². The number of hydrogen-bond acceptors (Lipinski definition) is 2. The van der Waals surface area contributed by atoms with Gasteiger partial charge in [-0.3, -0.25) is 0 Å². The summed E-state index contributed by atoms with van der Waals surface area (Å²) in [6.07, 6.45) is 2.18. The minimum absolute atomic E-state index is 0.226. The third-order valence-electron chi connectivity index (χ3n) is 2.36. The Kier molecular flexibility index (Phi) is 2.02. The SMILES string of the molecule is CCC[C@@H]1O[C@@]1(C)[C@@H](C)O. The monoisotopic (exact) mass is 144 g/mol. The van der Waals surface area contributed by atoms with Crippen molar-refractivity contribution in [2.75, 3.05) is 0 Å². The van der Waals surface area contributed by atoms with E-state index in [4.69, 9.17) is 4.74 Å². The molecule has 1 saturated heterocycles. The Hall–Kier alpha value is -0.0800. The Morgan fingerprint density at radius 2 is 2.30 bits per heavy atom. The number of epoxide rings is 1. The summed E-state index contributed by atoms with van der Waals surface area (Å²) in [4.78, 5) is 0. The molecule has 1 aliphatic heterocycles. The molecule has 0 saturated carbocycles. The lowest BCUT2D eigenvalue weighted by Crippen LogP contribution is -2.25. The van der Waals surface area contributed by atoms with Gasteiger partial charge < -0.3 is 9.84 Å². The van der Waals surface area contributed by atoms with Crippen molar-refractivity contribution in [2.24, 2.45) is 0 Å². The summed E-state index contributed by atoms with van der Waals surface area (Å²) in [5, 5.41) is 9.22. The lowest BCUT2D eigenvalue weighted by Gasteiger charge is -2.08. The molecule has 0 spiro atoms. The fraction of sp³-hybridized carbons (Fsp3) is 1.00. The molecule has 3 atom stereocenters. The molecule has 60 valence electrons. The molecule has 0 bridgehead atoms. The molecule has 0 aliphatic carbocycles. The molecule has 0 aromatic rings. The van der Waals surface area contributed by atoms with Crippen LogP contribution in [0.1, 0.15) is 33.6 Å². The average molecular weight is 144 g/mol. The molecular weight excluding hydrogens is 128 g/mol. The zero-order valence-corrected chi connectivity index (χ0v) is 6.92. The number of ether oxygens (including phenoxy) is 1. The van der Waals surface area contributed by atoms with Gasteiger partial charge in [-0.2, -0.15) is 0 Å². The van der Waals surface area contributed by atoms with Crippen LogP contribution in [0.4, 0.5) is 0 Å². The molecule has 0 radical (unpaired) electrons. The van der Waals surface area contributed by atoms with E-state index in [2.05, 4.69) is 6.92 Å². The van der Waals surface area contributed by atoms with Crippen LogP contribution in [0.5, 0.6) is 0 Å². The molecular formula is C8H16O2. The molecule has 1 rings (SSSR count). The number of hydrogen-bond donors (Lipinski definition) is 1. The zero-order chi connectivity index (χ0) is 7.78. The summed E-state index contributed by atoms with van der Waals surface area (Å²) in [6.45, 7) is 5.89. The molecule has 1 aliphatic rings. The second kappa shape index (κ2) is 2.51. The third kappa shape index (κ3) is 1.18. The topological polar surface area (TPSA) is 32.8 Å². The number of aliphatic hydroxyl groups excluding tert-OH is 1. The van der Waals surface area contributed by atoms with Gasteiger partial charge in [0.1, 0.15) is 5.60 Å². The van der Waals surface area contributed by atoms with Gasteiger partial charge in [-0.25, -0.2) is 0 Å². The van der Waals surface area contributed by atoms with Crippen LogP contribution in [-0.4, -0.2) is 22.9 Å². The molecule has 1 heterocycles. The number of aliphatic hydroxyl groups is 1. The third-order valence-corrected chi connectivity index (χ3v) is 2.36. The van der Waals surface area contributed by atoms with Crippen LogP contribution in [0, 0.1) is 0 Å². The van der Waals surface area contributed by atoms with Gasteiger partial charge in [-0.15, -0.1) is 0 Å². The van der Waals surface area contributed by atoms with Crippen molar-refractivity contribution in [3.63, 3.8) is 0 Å². The van der Waals surface area contributed by atoms with Crippen LogP contribution < -0.4 is 0 Å². The first-order valence-electron chi connectivity index (χ1n) is 3.97. The molecule has 2 nitrogen and oxygen atoms in total. The molecule has 2 heteroatoms. The summed E-state index contributed by atoms with van der Waals surface area (Å²) < 4.78 is 5.36. The van der Waals surface area contributed by atoms with Crippen molar-refractivity contribution >= 4 is 0 Å². The summed E-state index contributed by atoms with van der Waals surface area (Å²) in [5.74, 6) is 0. The quantitative estimate of drug-likeness (QED) is 0.606. The van der Waals surface area contributed by atoms with E-state index in [1.54, 1.807) is 6.92 Å². The van der Waals surface area contributed by atoms with Crippen LogP contribution >= 0.6 is 0 Å². The predicted molar refractivity (Wildman–Crippen MR) is 39.9 cm³/mol. The van der Waals surface area contributed by atoms with E-state index in [1.807, 2.05) is 6.92 Å². The first kappa shape index (κ1) is 8.02. The fourth-order valence-corrected chi connectivity index (χ4v) is 1.25. The van der Waals surface area contributed by atoms with Crippen LogP contribution in [0.15, 0.2) is 0 Å². The highest BCUT2D eigenvalue weighted by Gasteiger charge is 2.54. The minimum Gasteiger partial charge on any atom is -0.390 e. The Labute approximate surface area is 62.2 Å². The summed E-state index contributed by atoms with van der Waals surface area (Å²) in [5.41, 5.74) is -0.226. The normalized spacial score (nSPS) is 41.4. The Morgan fingerprint density at radius 1 is 1.70 bits per heavy atom. The lowest BCUT2D eigenvalue weighted by molar-refractivity contribution is 0.101. The van der Waals surface area contributed by atoms with E-state index in [0.717, 1.165) is 12.8 Å². The van der Waals surface area contributed by atoms with Crippen molar-refractivity contribution in [1.82, 2.24) is 0 Å². The van der Waals surface area contributed by atoms with Crippen molar-refractivity contribution < 1.29 is 9.84 Å². The first-order valence-corrected chi connectivity index (χ1v) is 3.97. The molecule has 0 aromatic heterocycles. The second-order valence-electron chi connectivity index (χ2n) is 3.25. The van der Waals surface area contributed by atoms with Gasteiger partial charge in [0.2, 0.25) is 0 Å². The summed E-state index contributed by atoms with van der Waals surface area (Å²) >= 11 is 0. The average Bonchev–Trinajstić information content (AvgIpc) is 2.45. The first-order chi connectivity index (χ1) is 4.61. The Bertz CT molecular complexity index is 122. The standard InChI is InChI=1S/C8H16O2/c1-4-5-7-8(3,10-7)6(2)9/h6-7,9H,4-5H2,1-3H3/t6-,7+,8+/m1/s1. The fourth-order valence-electron chi connectivity index (χ4n) is 1.25. The highest BCUT2D eigenvalue weighted by Crippen LogP contribution is 2.41.